The number of imidazole rings is 1. The summed E-state index contributed by atoms with van der Waals surface area (Å²) in [6, 6.07) is 27.0. The van der Waals surface area contributed by atoms with Crippen molar-refractivity contribution in [3.05, 3.63) is 125 Å². The van der Waals surface area contributed by atoms with Gasteiger partial charge in [0, 0.05) is 6.20 Å². The van der Waals surface area contributed by atoms with Crippen molar-refractivity contribution in [3.8, 4) is 11.5 Å². The number of aromatic nitrogens is 3. The molecule has 45 heavy (non-hydrogen) atoms. The first-order chi connectivity index (χ1) is 21.9. The molecule has 1 amide bonds. The zero-order valence-corrected chi connectivity index (χ0v) is 25.3. The number of ether oxygens (including phenoxy) is 2. The number of amides is 1. The zero-order valence-electron chi connectivity index (χ0n) is 24.5. The SMILES string of the molecule is CCOc1ccc2nc(N3C(=O)C(=O)/C(=C(/O)c4c(C)nc5ccccn45)C3c3cccc(OCc4ccccc4)c3)sc2c1. The van der Waals surface area contributed by atoms with Gasteiger partial charge < -0.3 is 14.6 Å². The average Bonchev–Trinajstić information content (AvgIpc) is 3.71. The number of nitrogens with zero attached hydrogens (tertiary/aromatic N) is 4. The van der Waals surface area contributed by atoms with E-state index in [1.165, 1.54) is 16.2 Å². The molecule has 6 aromatic rings. The Bertz CT molecular complexity index is 2120. The Morgan fingerprint density at radius 2 is 1.71 bits per heavy atom. The molecule has 9 nitrogen and oxygen atoms in total. The summed E-state index contributed by atoms with van der Waals surface area (Å²) in [4.78, 5) is 38.4. The van der Waals surface area contributed by atoms with Crippen LogP contribution in [0, 0.1) is 6.92 Å². The van der Waals surface area contributed by atoms with Crippen LogP contribution in [0.25, 0.3) is 21.6 Å². The maximum absolute atomic E-state index is 13.9. The van der Waals surface area contributed by atoms with Gasteiger partial charge in [0.05, 0.1) is 34.1 Å². The van der Waals surface area contributed by atoms with E-state index in [0.717, 1.165) is 10.3 Å². The highest BCUT2D eigenvalue weighted by Crippen LogP contribution is 2.45. The number of anilines is 1. The van der Waals surface area contributed by atoms with Crippen molar-refractivity contribution in [2.24, 2.45) is 0 Å². The van der Waals surface area contributed by atoms with Crippen molar-refractivity contribution in [3.63, 3.8) is 0 Å². The lowest BCUT2D eigenvalue weighted by molar-refractivity contribution is -0.132. The number of aliphatic hydroxyl groups excluding tert-OH is 1. The zero-order chi connectivity index (χ0) is 31.1. The van der Waals surface area contributed by atoms with Crippen LogP contribution in [0.15, 0.2) is 103 Å². The van der Waals surface area contributed by atoms with Crippen molar-refractivity contribution < 1.29 is 24.2 Å². The second kappa shape index (κ2) is 11.5. The van der Waals surface area contributed by atoms with E-state index in [-0.39, 0.29) is 11.3 Å². The maximum atomic E-state index is 13.9. The van der Waals surface area contributed by atoms with Crippen LogP contribution in [0.4, 0.5) is 5.13 Å². The lowest BCUT2D eigenvalue weighted by Crippen LogP contribution is -2.29. The first-order valence-electron chi connectivity index (χ1n) is 14.5. The molecule has 0 bridgehead atoms. The lowest BCUT2D eigenvalue weighted by atomic mass is 9.96. The summed E-state index contributed by atoms with van der Waals surface area (Å²) in [6.07, 6.45) is 1.76. The second-order valence-electron chi connectivity index (χ2n) is 10.5. The standard InChI is InChI=1S/C35H28N4O5S/c1-3-43-25-15-16-26-27(19-25)45-35(37-26)39-31(23-12-9-13-24(18-23)44-20-22-10-5-4-6-11-22)29(33(41)34(39)42)32(40)30-21(2)36-28-14-7-8-17-38(28)30/h4-19,31,40H,3,20H2,1-2H3/b32-29+. The molecule has 1 unspecified atom stereocenters. The normalized spacial score (nSPS) is 16.1. The Balaban J connectivity index is 1.38. The first kappa shape index (κ1) is 28.3. The van der Waals surface area contributed by atoms with Gasteiger partial charge in [-0.25, -0.2) is 9.97 Å². The maximum Gasteiger partial charge on any atom is 0.301 e. The van der Waals surface area contributed by atoms with E-state index in [9.17, 15) is 14.7 Å². The van der Waals surface area contributed by atoms with Crippen LogP contribution in [-0.4, -0.2) is 37.8 Å². The quantitative estimate of drug-likeness (QED) is 0.113. The third-order valence-corrected chi connectivity index (χ3v) is 8.68. The van der Waals surface area contributed by atoms with E-state index in [0.29, 0.717) is 58.0 Å². The minimum atomic E-state index is -0.981. The fourth-order valence-corrected chi connectivity index (χ4v) is 6.66. The summed E-state index contributed by atoms with van der Waals surface area (Å²) < 4.78 is 14.3. The van der Waals surface area contributed by atoms with Crippen molar-refractivity contribution >= 4 is 49.8 Å². The van der Waals surface area contributed by atoms with E-state index in [2.05, 4.69) is 4.98 Å². The van der Waals surface area contributed by atoms with Crippen molar-refractivity contribution in [1.82, 2.24) is 14.4 Å². The molecule has 10 heteroatoms. The van der Waals surface area contributed by atoms with E-state index < -0.39 is 17.7 Å². The molecule has 0 radical (unpaired) electrons. The monoisotopic (exact) mass is 616 g/mol. The van der Waals surface area contributed by atoms with Crippen LogP contribution in [0.3, 0.4) is 0 Å². The predicted octanol–water partition coefficient (Wildman–Crippen LogP) is 6.86. The van der Waals surface area contributed by atoms with Gasteiger partial charge in [-0.1, -0.05) is 59.9 Å². The molecule has 1 N–H and O–H groups in total. The van der Waals surface area contributed by atoms with Crippen LogP contribution >= 0.6 is 11.3 Å². The molecule has 1 aliphatic rings. The molecular formula is C35H28N4O5S. The number of benzene rings is 3. The van der Waals surface area contributed by atoms with Gasteiger partial charge in [-0.3, -0.25) is 18.9 Å². The largest absolute Gasteiger partial charge is 0.505 e. The van der Waals surface area contributed by atoms with Crippen LogP contribution in [-0.2, 0) is 16.2 Å². The van der Waals surface area contributed by atoms with E-state index >= 15 is 0 Å². The van der Waals surface area contributed by atoms with Gasteiger partial charge in [0.2, 0.25) is 0 Å². The lowest BCUT2D eigenvalue weighted by Gasteiger charge is -2.23. The highest BCUT2D eigenvalue weighted by Gasteiger charge is 2.48. The number of thiazole rings is 1. The molecule has 1 aliphatic heterocycles. The summed E-state index contributed by atoms with van der Waals surface area (Å²) in [5.74, 6) is -0.670. The molecule has 7 rings (SSSR count). The number of hydrogen-bond donors (Lipinski definition) is 1. The number of Topliss-reactive ketones (excluding diaryl/α,β-unsaturated/α-hetero) is 1. The van der Waals surface area contributed by atoms with Gasteiger partial charge in [0.1, 0.15) is 29.4 Å². The summed E-state index contributed by atoms with van der Waals surface area (Å²) >= 11 is 1.28. The average molecular weight is 617 g/mol. The molecule has 4 heterocycles. The van der Waals surface area contributed by atoms with Gasteiger partial charge in [-0.15, -0.1) is 0 Å². The molecule has 1 saturated heterocycles. The highest BCUT2D eigenvalue weighted by atomic mass is 32.1. The number of rotatable bonds is 8. The van der Waals surface area contributed by atoms with Gasteiger partial charge in [-0.2, -0.15) is 0 Å². The second-order valence-corrected chi connectivity index (χ2v) is 11.6. The Kier molecular flexibility index (Phi) is 7.26. The molecule has 0 spiro atoms. The topological polar surface area (TPSA) is 106 Å². The molecule has 3 aromatic heterocycles. The summed E-state index contributed by atoms with van der Waals surface area (Å²) in [5.41, 5.74) is 3.66. The van der Waals surface area contributed by atoms with Crippen LogP contribution in [0.2, 0.25) is 0 Å². The van der Waals surface area contributed by atoms with E-state index in [1.807, 2.05) is 91.9 Å². The fourth-order valence-electron chi connectivity index (χ4n) is 5.64. The van der Waals surface area contributed by atoms with Gasteiger partial charge in [0.25, 0.3) is 5.78 Å². The molecular weight excluding hydrogens is 588 g/mol. The summed E-state index contributed by atoms with van der Waals surface area (Å²) in [6.45, 7) is 4.52. The summed E-state index contributed by atoms with van der Waals surface area (Å²) in [7, 11) is 0. The van der Waals surface area contributed by atoms with Crippen LogP contribution in [0.5, 0.6) is 11.5 Å². The predicted molar refractivity (Wildman–Crippen MR) is 173 cm³/mol. The fraction of sp³-hybridized carbons (Fsp3) is 0.143. The number of pyridine rings is 1. The van der Waals surface area contributed by atoms with Crippen LogP contribution < -0.4 is 14.4 Å². The molecule has 0 aliphatic carbocycles. The molecule has 0 saturated carbocycles. The van der Waals surface area contributed by atoms with Crippen LogP contribution in [0.1, 0.15) is 35.5 Å². The molecule has 3 aromatic carbocycles. The number of aryl methyl sites for hydroxylation is 1. The molecule has 1 fully saturated rings. The number of fused-ring (bicyclic) bond motifs is 2. The van der Waals surface area contributed by atoms with E-state index in [1.54, 1.807) is 23.6 Å². The summed E-state index contributed by atoms with van der Waals surface area (Å²) in [5, 5.41) is 12.2. The molecule has 224 valence electrons. The number of carbonyl (C=O) groups excluding carboxylic acids is 2. The number of aliphatic hydroxyl groups is 1. The Labute approximate surface area is 262 Å². The van der Waals surface area contributed by atoms with Gasteiger partial charge in [0.15, 0.2) is 10.9 Å². The van der Waals surface area contributed by atoms with Gasteiger partial charge in [-0.05, 0) is 67.4 Å². The van der Waals surface area contributed by atoms with Gasteiger partial charge >= 0.3 is 5.91 Å². The van der Waals surface area contributed by atoms with Crippen molar-refractivity contribution in [2.45, 2.75) is 26.5 Å². The highest BCUT2D eigenvalue weighted by molar-refractivity contribution is 7.22. The number of carbonyl (C=O) groups is 2. The number of hydrogen-bond acceptors (Lipinski definition) is 8. The minimum Gasteiger partial charge on any atom is -0.505 e. The number of ketones is 1. The third kappa shape index (κ3) is 5.08. The van der Waals surface area contributed by atoms with E-state index in [4.69, 9.17) is 14.5 Å². The smallest absolute Gasteiger partial charge is 0.301 e. The molecule has 1 atom stereocenters. The Hall–Kier alpha value is -5.48. The minimum absolute atomic E-state index is 0.0526. The third-order valence-electron chi connectivity index (χ3n) is 7.66. The van der Waals surface area contributed by atoms with Crippen molar-refractivity contribution in [2.75, 3.05) is 11.5 Å². The van der Waals surface area contributed by atoms with Crippen molar-refractivity contribution in [1.29, 1.82) is 0 Å². The first-order valence-corrected chi connectivity index (χ1v) is 15.3. The Morgan fingerprint density at radius 3 is 2.53 bits per heavy atom. The Morgan fingerprint density at radius 1 is 0.911 bits per heavy atom.